The molecule has 0 unspecified atom stereocenters. The standard InChI is InChI=1S/C10H7Cl2N3O/c11-2-7-3-14-10(15-4-7)16-9-1-8(12)5-13-6-9/h1,3-6H,2H2. The summed E-state index contributed by atoms with van der Waals surface area (Å²) in [7, 11) is 0. The van der Waals surface area contributed by atoms with Crippen LogP contribution in [-0.2, 0) is 5.88 Å². The van der Waals surface area contributed by atoms with Gasteiger partial charge in [0.2, 0.25) is 0 Å². The highest BCUT2D eigenvalue weighted by molar-refractivity contribution is 6.30. The lowest BCUT2D eigenvalue weighted by molar-refractivity contribution is 0.439. The number of pyridine rings is 1. The van der Waals surface area contributed by atoms with Crippen molar-refractivity contribution >= 4 is 23.2 Å². The first kappa shape index (κ1) is 11.1. The minimum Gasteiger partial charge on any atom is -0.423 e. The Morgan fingerprint density at radius 2 is 1.88 bits per heavy atom. The molecule has 0 atom stereocenters. The maximum absolute atomic E-state index is 5.76. The van der Waals surface area contributed by atoms with E-state index in [0.29, 0.717) is 16.7 Å². The van der Waals surface area contributed by atoms with Crippen molar-refractivity contribution in [1.82, 2.24) is 15.0 Å². The van der Waals surface area contributed by atoms with Crippen LogP contribution < -0.4 is 4.74 Å². The lowest BCUT2D eigenvalue weighted by Gasteiger charge is -2.03. The van der Waals surface area contributed by atoms with Gasteiger partial charge in [-0.15, -0.1) is 11.6 Å². The Labute approximate surface area is 102 Å². The summed E-state index contributed by atoms with van der Waals surface area (Å²) in [4.78, 5) is 11.9. The second-order valence-electron chi connectivity index (χ2n) is 2.95. The van der Waals surface area contributed by atoms with Crippen LogP contribution >= 0.6 is 23.2 Å². The number of aromatic nitrogens is 3. The molecule has 2 heterocycles. The molecule has 2 aromatic rings. The molecule has 0 saturated carbocycles. The van der Waals surface area contributed by atoms with Crippen molar-refractivity contribution in [3.8, 4) is 11.8 Å². The van der Waals surface area contributed by atoms with Gasteiger partial charge < -0.3 is 4.74 Å². The summed E-state index contributed by atoms with van der Waals surface area (Å²) < 4.78 is 5.35. The molecule has 2 aromatic heterocycles. The molecule has 82 valence electrons. The monoisotopic (exact) mass is 255 g/mol. The highest BCUT2D eigenvalue weighted by Gasteiger charge is 2.01. The molecule has 0 aromatic carbocycles. The largest absolute Gasteiger partial charge is 0.423 e. The van der Waals surface area contributed by atoms with Crippen molar-refractivity contribution in [2.75, 3.05) is 0 Å². The first-order valence-corrected chi connectivity index (χ1v) is 5.34. The molecular formula is C10H7Cl2N3O. The van der Waals surface area contributed by atoms with Gasteiger partial charge in [-0.05, 0) is 0 Å². The lowest BCUT2D eigenvalue weighted by Crippen LogP contribution is -1.93. The molecule has 0 bridgehead atoms. The number of rotatable bonds is 3. The van der Waals surface area contributed by atoms with Crippen LogP contribution in [0.1, 0.15) is 5.56 Å². The van der Waals surface area contributed by atoms with Crippen LogP contribution in [0.3, 0.4) is 0 Å². The van der Waals surface area contributed by atoms with E-state index in [-0.39, 0.29) is 6.01 Å². The Hall–Kier alpha value is -1.39. The number of hydrogen-bond acceptors (Lipinski definition) is 4. The molecule has 0 aliphatic heterocycles. The van der Waals surface area contributed by atoms with Crippen molar-refractivity contribution in [3.05, 3.63) is 41.4 Å². The van der Waals surface area contributed by atoms with E-state index in [9.17, 15) is 0 Å². The predicted octanol–water partition coefficient (Wildman–Crippen LogP) is 3.06. The maximum atomic E-state index is 5.76. The van der Waals surface area contributed by atoms with Crippen LogP contribution in [0.15, 0.2) is 30.9 Å². The molecule has 0 radical (unpaired) electrons. The van der Waals surface area contributed by atoms with Crippen LogP contribution in [0.5, 0.6) is 11.8 Å². The van der Waals surface area contributed by atoms with Gasteiger partial charge in [-0.3, -0.25) is 4.98 Å². The van der Waals surface area contributed by atoms with Gasteiger partial charge in [-0.1, -0.05) is 11.6 Å². The van der Waals surface area contributed by atoms with Crippen LogP contribution in [0.25, 0.3) is 0 Å². The molecule has 16 heavy (non-hydrogen) atoms. The quantitative estimate of drug-likeness (QED) is 0.792. The fourth-order valence-corrected chi connectivity index (χ4v) is 1.32. The highest BCUT2D eigenvalue weighted by Crippen LogP contribution is 2.19. The smallest absolute Gasteiger partial charge is 0.321 e. The van der Waals surface area contributed by atoms with E-state index >= 15 is 0 Å². The average molecular weight is 256 g/mol. The SMILES string of the molecule is ClCc1cnc(Oc2cncc(Cl)c2)nc1. The zero-order valence-corrected chi connectivity index (χ0v) is 9.61. The van der Waals surface area contributed by atoms with Crippen molar-refractivity contribution in [1.29, 1.82) is 0 Å². The molecule has 0 amide bonds. The van der Waals surface area contributed by atoms with E-state index in [4.69, 9.17) is 27.9 Å². The van der Waals surface area contributed by atoms with Gasteiger partial charge in [0.15, 0.2) is 5.75 Å². The lowest BCUT2D eigenvalue weighted by atomic mass is 10.4. The third kappa shape index (κ3) is 2.81. The normalized spacial score (nSPS) is 10.1. The molecule has 0 spiro atoms. The van der Waals surface area contributed by atoms with Gasteiger partial charge in [0.25, 0.3) is 0 Å². The zero-order valence-electron chi connectivity index (χ0n) is 8.10. The Balaban J connectivity index is 2.14. The van der Waals surface area contributed by atoms with Gasteiger partial charge in [0.05, 0.1) is 17.1 Å². The molecule has 0 saturated heterocycles. The summed E-state index contributed by atoms with van der Waals surface area (Å²) in [5.74, 6) is 0.866. The highest BCUT2D eigenvalue weighted by atomic mass is 35.5. The van der Waals surface area contributed by atoms with Crippen molar-refractivity contribution in [3.63, 3.8) is 0 Å². The summed E-state index contributed by atoms with van der Waals surface area (Å²) in [6.07, 6.45) is 6.26. The van der Waals surface area contributed by atoms with Crippen LogP contribution in [0.4, 0.5) is 0 Å². The van der Waals surface area contributed by atoms with Crippen molar-refractivity contribution in [2.45, 2.75) is 5.88 Å². The van der Waals surface area contributed by atoms with Gasteiger partial charge in [0.1, 0.15) is 0 Å². The summed E-state index contributed by atoms with van der Waals surface area (Å²) in [6, 6.07) is 1.87. The maximum Gasteiger partial charge on any atom is 0.321 e. The minimum atomic E-state index is 0.234. The molecule has 6 heteroatoms. The van der Waals surface area contributed by atoms with Crippen LogP contribution in [0.2, 0.25) is 5.02 Å². The fraction of sp³-hybridized carbons (Fsp3) is 0.100. The number of hydrogen-bond donors (Lipinski definition) is 0. The predicted molar refractivity (Wildman–Crippen MR) is 60.9 cm³/mol. The molecule has 0 aliphatic carbocycles. The average Bonchev–Trinajstić information content (AvgIpc) is 2.30. The molecular weight excluding hydrogens is 249 g/mol. The van der Waals surface area contributed by atoms with E-state index in [1.165, 1.54) is 12.4 Å². The number of ether oxygens (including phenoxy) is 1. The van der Waals surface area contributed by atoms with Crippen LogP contribution in [0, 0.1) is 0 Å². The molecule has 4 nitrogen and oxygen atoms in total. The number of nitrogens with zero attached hydrogens (tertiary/aromatic N) is 3. The van der Waals surface area contributed by atoms with Gasteiger partial charge >= 0.3 is 6.01 Å². The second kappa shape index (κ2) is 5.09. The summed E-state index contributed by atoms with van der Waals surface area (Å²) in [6.45, 7) is 0. The third-order valence-corrected chi connectivity index (χ3v) is 2.24. The third-order valence-electron chi connectivity index (χ3n) is 1.72. The number of alkyl halides is 1. The van der Waals surface area contributed by atoms with Crippen molar-refractivity contribution in [2.24, 2.45) is 0 Å². The molecule has 0 N–H and O–H groups in total. The summed E-state index contributed by atoms with van der Waals surface area (Å²) in [5.41, 5.74) is 0.832. The fourth-order valence-electron chi connectivity index (χ4n) is 1.02. The van der Waals surface area contributed by atoms with E-state index < -0.39 is 0 Å². The topological polar surface area (TPSA) is 47.9 Å². The zero-order chi connectivity index (χ0) is 11.4. The Morgan fingerprint density at radius 1 is 1.12 bits per heavy atom. The Morgan fingerprint density at radius 3 is 2.50 bits per heavy atom. The summed E-state index contributed by atoms with van der Waals surface area (Å²) >= 11 is 11.4. The molecule has 0 aliphatic rings. The molecule has 2 rings (SSSR count). The van der Waals surface area contributed by atoms with Crippen molar-refractivity contribution < 1.29 is 4.74 Å². The van der Waals surface area contributed by atoms with Gasteiger partial charge in [-0.2, -0.15) is 0 Å². The van der Waals surface area contributed by atoms with Crippen LogP contribution in [-0.4, -0.2) is 15.0 Å². The van der Waals surface area contributed by atoms with Gasteiger partial charge in [0, 0.05) is 30.2 Å². The summed E-state index contributed by atoms with van der Waals surface area (Å²) in [5, 5.41) is 0.495. The Bertz CT molecular complexity index is 476. The first-order valence-electron chi connectivity index (χ1n) is 4.43. The Kier molecular flexibility index (Phi) is 3.54. The van der Waals surface area contributed by atoms with E-state index in [1.54, 1.807) is 18.5 Å². The molecule has 0 fully saturated rings. The van der Waals surface area contributed by atoms with E-state index in [1.807, 2.05) is 0 Å². The minimum absolute atomic E-state index is 0.234. The second-order valence-corrected chi connectivity index (χ2v) is 3.65. The van der Waals surface area contributed by atoms with E-state index in [0.717, 1.165) is 5.56 Å². The first-order chi connectivity index (χ1) is 7.78. The van der Waals surface area contributed by atoms with Gasteiger partial charge in [-0.25, -0.2) is 9.97 Å². The number of halogens is 2. The van der Waals surface area contributed by atoms with E-state index in [2.05, 4.69) is 15.0 Å².